The Morgan fingerprint density at radius 2 is 2.35 bits per heavy atom. The van der Waals surface area contributed by atoms with Gasteiger partial charge in [0.1, 0.15) is 5.75 Å². The Labute approximate surface area is 105 Å². The van der Waals surface area contributed by atoms with Gasteiger partial charge in [-0.1, -0.05) is 17.7 Å². The summed E-state index contributed by atoms with van der Waals surface area (Å²) >= 11 is 5.89. The predicted octanol–water partition coefficient (Wildman–Crippen LogP) is 2.08. The van der Waals surface area contributed by atoms with Gasteiger partial charge < -0.3 is 15.2 Å². The molecule has 0 aromatic heterocycles. The maximum absolute atomic E-state index is 10.9. The first-order valence-corrected chi connectivity index (χ1v) is 5.79. The molecule has 1 heterocycles. The first kappa shape index (κ1) is 12.2. The van der Waals surface area contributed by atoms with Gasteiger partial charge in [0.15, 0.2) is 0 Å². The highest BCUT2D eigenvalue weighted by atomic mass is 35.5. The van der Waals surface area contributed by atoms with Gasteiger partial charge in [-0.25, -0.2) is 0 Å². The first-order valence-electron chi connectivity index (χ1n) is 5.41. The van der Waals surface area contributed by atoms with Crippen LogP contribution in [0.1, 0.15) is 18.0 Å². The fraction of sp³-hybridized carbons (Fsp3) is 0.417. The number of halogens is 1. The van der Waals surface area contributed by atoms with Crippen molar-refractivity contribution in [2.75, 3.05) is 13.7 Å². The molecule has 5 heteroatoms. The van der Waals surface area contributed by atoms with Crippen LogP contribution in [0.25, 0.3) is 0 Å². The number of hydrogen-bond acceptors (Lipinski definition) is 3. The molecule has 0 aliphatic carbocycles. The second kappa shape index (κ2) is 4.94. The summed E-state index contributed by atoms with van der Waals surface area (Å²) < 4.78 is 5.26. The average molecular weight is 256 g/mol. The summed E-state index contributed by atoms with van der Waals surface area (Å²) in [6.07, 6.45) is 0.577. The van der Waals surface area contributed by atoms with Gasteiger partial charge in [-0.2, -0.15) is 0 Å². The average Bonchev–Trinajstić information content (AvgIpc) is 2.78. The molecular weight excluding hydrogens is 242 g/mol. The highest BCUT2D eigenvalue weighted by Crippen LogP contribution is 2.34. The normalized spacial score (nSPS) is 23.6. The number of carboxylic acids is 1. The van der Waals surface area contributed by atoms with Gasteiger partial charge in [0, 0.05) is 23.2 Å². The number of hydrogen-bond donors (Lipinski definition) is 2. The Kier molecular flexibility index (Phi) is 3.54. The molecule has 2 rings (SSSR count). The molecule has 0 amide bonds. The van der Waals surface area contributed by atoms with Crippen molar-refractivity contribution in [3.05, 3.63) is 28.8 Å². The Hall–Kier alpha value is -1.26. The van der Waals surface area contributed by atoms with Crippen molar-refractivity contribution in [3.63, 3.8) is 0 Å². The standard InChI is InChI=1S/C12H14ClNO3/c1-17-11-5-8(13)2-3-9(11)10-4-7(6-14-10)12(15)16/h2-3,5,7,10,14H,4,6H2,1H3,(H,15,16). The van der Waals surface area contributed by atoms with Crippen LogP contribution in [0.4, 0.5) is 0 Å². The van der Waals surface area contributed by atoms with E-state index in [0.29, 0.717) is 23.7 Å². The number of carbonyl (C=O) groups is 1. The van der Waals surface area contributed by atoms with Crippen LogP contribution in [0, 0.1) is 5.92 Å². The van der Waals surface area contributed by atoms with E-state index < -0.39 is 5.97 Å². The molecule has 1 aromatic rings. The topological polar surface area (TPSA) is 58.6 Å². The molecule has 2 N–H and O–H groups in total. The van der Waals surface area contributed by atoms with E-state index in [9.17, 15) is 4.79 Å². The van der Waals surface area contributed by atoms with Crippen LogP contribution in [0.3, 0.4) is 0 Å². The highest BCUT2D eigenvalue weighted by Gasteiger charge is 2.31. The molecule has 0 radical (unpaired) electrons. The summed E-state index contributed by atoms with van der Waals surface area (Å²) in [6.45, 7) is 0.492. The molecular formula is C12H14ClNO3. The lowest BCUT2D eigenvalue weighted by molar-refractivity contribution is -0.141. The molecule has 2 unspecified atom stereocenters. The van der Waals surface area contributed by atoms with Gasteiger partial charge in [0.2, 0.25) is 0 Å². The largest absolute Gasteiger partial charge is 0.496 e. The highest BCUT2D eigenvalue weighted by molar-refractivity contribution is 6.30. The van der Waals surface area contributed by atoms with Crippen LogP contribution >= 0.6 is 11.6 Å². The van der Waals surface area contributed by atoms with Crippen LogP contribution in [0.5, 0.6) is 5.75 Å². The number of benzene rings is 1. The number of ether oxygens (including phenoxy) is 1. The van der Waals surface area contributed by atoms with Gasteiger partial charge in [-0.15, -0.1) is 0 Å². The molecule has 0 saturated carbocycles. The van der Waals surface area contributed by atoms with E-state index in [-0.39, 0.29) is 12.0 Å². The lowest BCUT2D eigenvalue weighted by Crippen LogP contribution is -2.17. The summed E-state index contributed by atoms with van der Waals surface area (Å²) in [6, 6.07) is 5.42. The van der Waals surface area contributed by atoms with Gasteiger partial charge in [-0.05, 0) is 18.6 Å². The minimum atomic E-state index is -0.757. The van der Waals surface area contributed by atoms with E-state index in [1.54, 1.807) is 19.2 Å². The van der Waals surface area contributed by atoms with E-state index in [0.717, 1.165) is 5.56 Å². The van der Waals surface area contributed by atoms with E-state index in [2.05, 4.69) is 5.32 Å². The van der Waals surface area contributed by atoms with Crippen molar-refractivity contribution >= 4 is 17.6 Å². The van der Waals surface area contributed by atoms with E-state index in [4.69, 9.17) is 21.4 Å². The molecule has 2 atom stereocenters. The van der Waals surface area contributed by atoms with Crippen molar-refractivity contribution in [3.8, 4) is 5.75 Å². The molecule has 1 aliphatic heterocycles. The van der Waals surface area contributed by atoms with Crippen molar-refractivity contribution < 1.29 is 14.6 Å². The summed E-state index contributed by atoms with van der Waals surface area (Å²) in [4.78, 5) is 10.9. The summed E-state index contributed by atoms with van der Waals surface area (Å²) in [7, 11) is 1.58. The van der Waals surface area contributed by atoms with Crippen LogP contribution in [0.2, 0.25) is 5.02 Å². The third-order valence-corrected chi connectivity index (χ3v) is 3.29. The van der Waals surface area contributed by atoms with E-state index in [1.807, 2.05) is 6.07 Å². The molecule has 1 aliphatic rings. The van der Waals surface area contributed by atoms with Crippen molar-refractivity contribution in [2.24, 2.45) is 5.92 Å². The molecule has 92 valence electrons. The third kappa shape index (κ3) is 2.53. The zero-order valence-corrected chi connectivity index (χ0v) is 10.2. The SMILES string of the molecule is COc1cc(Cl)ccc1C1CC(C(=O)O)CN1. The van der Waals surface area contributed by atoms with Gasteiger partial charge in [0.25, 0.3) is 0 Å². The Bertz CT molecular complexity index is 436. The predicted molar refractivity (Wildman–Crippen MR) is 64.5 cm³/mol. The zero-order chi connectivity index (χ0) is 12.4. The lowest BCUT2D eigenvalue weighted by Gasteiger charge is -2.15. The Morgan fingerprint density at radius 3 is 2.94 bits per heavy atom. The number of methoxy groups -OCH3 is 1. The summed E-state index contributed by atoms with van der Waals surface area (Å²) in [5.41, 5.74) is 0.959. The quantitative estimate of drug-likeness (QED) is 0.868. The number of aliphatic carboxylic acids is 1. The third-order valence-electron chi connectivity index (χ3n) is 3.05. The minimum absolute atomic E-state index is 0.0170. The monoisotopic (exact) mass is 255 g/mol. The molecule has 1 saturated heterocycles. The van der Waals surface area contributed by atoms with E-state index >= 15 is 0 Å². The summed E-state index contributed by atoms with van der Waals surface area (Å²) in [5, 5.41) is 12.8. The zero-order valence-electron chi connectivity index (χ0n) is 9.44. The Morgan fingerprint density at radius 1 is 1.59 bits per heavy atom. The molecule has 1 aromatic carbocycles. The molecule has 17 heavy (non-hydrogen) atoms. The van der Waals surface area contributed by atoms with Crippen molar-refractivity contribution in [1.29, 1.82) is 0 Å². The van der Waals surface area contributed by atoms with Gasteiger partial charge in [0.05, 0.1) is 13.0 Å². The lowest BCUT2D eigenvalue weighted by atomic mass is 9.99. The molecule has 1 fully saturated rings. The fourth-order valence-corrected chi connectivity index (χ4v) is 2.30. The first-order chi connectivity index (χ1) is 8.11. The maximum Gasteiger partial charge on any atom is 0.307 e. The number of carboxylic acid groups (broad SMARTS) is 1. The molecule has 0 bridgehead atoms. The van der Waals surface area contributed by atoms with Crippen LogP contribution in [-0.2, 0) is 4.79 Å². The molecule has 0 spiro atoms. The molecule has 4 nitrogen and oxygen atoms in total. The maximum atomic E-state index is 10.9. The van der Waals surface area contributed by atoms with Crippen LogP contribution in [0.15, 0.2) is 18.2 Å². The van der Waals surface area contributed by atoms with Crippen LogP contribution in [-0.4, -0.2) is 24.7 Å². The fourth-order valence-electron chi connectivity index (χ4n) is 2.13. The van der Waals surface area contributed by atoms with Crippen molar-refractivity contribution in [2.45, 2.75) is 12.5 Å². The number of nitrogens with one attached hydrogen (secondary N) is 1. The van der Waals surface area contributed by atoms with Crippen LogP contribution < -0.4 is 10.1 Å². The Balaban J connectivity index is 2.21. The second-order valence-corrected chi connectivity index (χ2v) is 4.55. The van der Waals surface area contributed by atoms with Crippen molar-refractivity contribution in [1.82, 2.24) is 5.32 Å². The number of rotatable bonds is 3. The van der Waals surface area contributed by atoms with Gasteiger partial charge in [-0.3, -0.25) is 4.79 Å². The van der Waals surface area contributed by atoms with Gasteiger partial charge >= 0.3 is 5.97 Å². The minimum Gasteiger partial charge on any atom is -0.496 e. The second-order valence-electron chi connectivity index (χ2n) is 4.12. The smallest absolute Gasteiger partial charge is 0.307 e. The summed E-state index contributed by atoms with van der Waals surface area (Å²) in [5.74, 6) is -0.394. The van der Waals surface area contributed by atoms with E-state index in [1.165, 1.54) is 0 Å².